The summed E-state index contributed by atoms with van der Waals surface area (Å²) in [5.74, 6) is -0.0553. The quantitative estimate of drug-likeness (QED) is 0.426. The molecule has 0 aromatic heterocycles. The molecule has 1 unspecified atom stereocenters. The summed E-state index contributed by atoms with van der Waals surface area (Å²) in [6, 6.07) is 0. The topological polar surface area (TPSA) is 74.6 Å². The summed E-state index contributed by atoms with van der Waals surface area (Å²) >= 11 is 5.07. The van der Waals surface area contributed by atoms with Crippen molar-refractivity contribution in [1.82, 2.24) is 0 Å². The smallest absolute Gasteiger partial charge is 0.244 e. The Bertz CT molecular complexity index is 423. The van der Waals surface area contributed by atoms with E-state index < -0.39 is 22.7 Å². The highest BCUT2D eigenvalue weighted by atomic mass is 35.5. The molecule has 2 N–H and O–H groups in total. The van der Waals surface area contributed by atoms with Crippen LogP contribution in [0.25, 0.3) is 0 Å². The SMILES string of the molecule is O=C=C1C(O)=C(O)C=CC1/C=C/C(=O)Cl. The summed E-state index contributed by atoms with van der Waals surface area (Å²) in [6.07, 6.45) is 5.05. The maximum absolute atomic E-state index is 10.5. The van der Waals surface area contributed by atoms with Crippen molar-refractivity contribution in [1.29, 1.82) is 0 Å². The standard InChI is InChI=1S/C10H7ClO4/c11-9(14)4-2-6-1-3-8(13)10(15)7(6)5-12/h1-4,6,13,15H/b4-2+. The van der Waals surface area contributed by atoms with Crippen molar-refractivity contribution in [2.24, 2.45) is 5.92 Å². The van der Waals surface area contributed by atoms with E-state index in [-0.39, 0.29) is 5.57 Å². The minimum absolute atomic E-state index is 0.135. The first-order valence-corrected chi connectivity index (χ1v) is 4.37. The molecule has 0 saturated heterocycles. The average Bonchev–Trinajstić information content (AvgIpc) is 2.19. The maximum Gasteiger partial charge on any atom is 0.244 e. The van der Waals surface area contributed by atoms with Crippen LogP contribution in [0.15, 0.2) is 41.4 Å². The third-order valence-corrected chi connectivity index (χ3v) is 1.96. The minimum Gasteiger partial charge on any atom is -0.504 e. The zero-order valence-corrected chi connectivity index (χ0v) is 8.23. The molecule has 1 aliphatic rings. The first-order chi connectivity index (χ1) is 7.06. The summed E-state index contributed by atoms with van der Waals surface area (Å²) in [5, 5.41) is 17.7. The van der Waals surface area contributed by atoms with Gasteiger partial charge in [0.25, 0.3) is 0 Å². The van der Waals surface area contributed by atoms with E-state index >= 15 is 0 Å². The average molecular weight is 227 g/mol. The lowest BCUT2D eigenvalue weighted by Gasteiger charge is -2.13. The molecule has 0 amide bonds. The lowest BCUT2D eigenvalue weighted by atomic mass is 9.93. The van der Waals surface area contributed by atoms with Crippen LogP contribution in [0.3, 0.4) is 0 Å². The second-order valence-electron chi connectivity index (χ2n) is 2.80. The molecule has 0 fully saturated rings. The summed E-state index contributed by atoms with van der Waals surface area (Å²) in [4.78, 5) is 21.0. The Balaban J connectivity index is 3.02. The normalized spacial score (nSPS) is 20.9. The van der Waals surface area contributed by atoms with Crippen molar-refractivity contribution in [3.05, 3.63) is 41.4 Å². The van der Waals surface area contributed by atoms with Gasteiger partial charge in [0.2, 0.25) is 5.24 Å². The first kappa shape index (κ1) is 11.3. The molecule has 0 bridgehead atoms. The Kier molecular flexibility index (Phi) is 3.50. The van der Waals surface area contributed by atoms with Gasteiger partial charge in [0, 0.05) is 5.92 Å². The van der Waals surface area contributed by atoms with Crippen LogP contribution in [0.1, 0.15) is 0 Å². The number of allylic oxidation sites excluding steroid dienone is 5. The molecule has 0 heterocycles. The van der Waals surface area contributed by atoms with Crippen molar-refractivity contribution >= 4 is 22.8 Å². The zero-order chi connectivity index (χ0) is 11.4. The number of halogens is 1. The molecule has 0 aliphatic heterocycles. The summed E-state index contributed by atoms with van der Waals surface area (Å²) < 4.78 is 0. The van der Waals surface area contributed by atoms with Gasteiger partial charge in [-0.2, -0.15) is 0 Å². The van der Waals surface area contributed by atoms with Crippen molar-refractivity contribution in [3.63, 3.8) is 0 Å². The Morgan fingerprint density at radius 2 is 2.20 bits per heavy atom. The third kappa shape index (κ3) is 2.59. The van der Waals surface area contributed by atoms with Gasteiger partial charge >= 0.3 is 0 Å². The largest absolute Gasteiger partial charge is 0.504 e. The van der Waals surface area contributed by atoms with Crippen molar-refractivity contribution in [3.8, 4) is 0 Å². The van der Waals surface area contributed by atoms with Crippen LogP contribution in [0.4, 0.5) is 0 Å². The number of hydrogen-bond donors (Lipinski definition) is 2. The van der Waals surface area contributed by atoms with E-state index in [2.05, 4.69) is 0 Å². The summed E-state index contributed by atoms with van der Waals surface area (Å²) in [6.45, 7) is 0. The summed E-state index contributed by atoms with van der Waals surface area (Å²) in [5.41, 5.74) is -0.135. The molecule has 0 aromatic rings. The Morgan fingerprint density at radius 1 is 1.53 bits per heavy atom. The molecule has 1 aliphatic carbocycles. The van der Waals surface area contributed by atoms with Gasteiger partial charge in [-0.3, -0.25) is 4.79 Å². The van der Waals surface area contributed by atoms with Gasteiger partial charge in [0.1, 0.15) is 5.94 Å². The first-order valence-electron chi connectivity index (χ1n) is 3.99. The minimum atomic E-state index is -0.688. The van der Waals surface area contributed by atoms with Crippen molar-refractivity contribution < 1.29 is 19.8 Å². The molecular formula is C10H7ClO4. The molecule has 4 nitrogen and oxygen atoms in total. The van der Waals surface area contributed by atoms with E-state index in [1.165, 1.54) is 24.2 Å². The van der Waals surface area contributed by atoms with Crippen LogP contribution in [-0.2, 0) is 9.59 Å². The predicted octanol–water partition coefficient (Wildman–Crippen LogP) is 1.58. The molecule has 0 saturated carbocycles. The van der Waals surface area contributed by atoms with Crippen LogP contribution in [0, 0.1) is 5.92 Å². The van der Waals surface area contributed by atoms with E-state index in [4.69, 9.17) is 16.7 Å². The molecule has 0 radical (unpaired) electrons. The third-order valence-electron chi connectivity index (χ3n) is 1.84. The van der Waals surface area contributed by atoms with Crippen LogP contribution in [0.2, 0.25) is 0 Å². The number of aliphatic hydroxyl groups excluding tert-OH is 2. The van der Waals surface area contributed by atoms with E-state index in [1.807, 2.05) is 0 Å². The number of rotatable bonds is 2. The summed E-state index contributed by atoms with van der Waals surface area (Å²) in [7, 11) is 0. The van der Waals surface area contributed by atoms with Gasteiger partial charge in [-0.1, -0.05) is 12.2 Å². The van der Waals surface area contributed by atoms with E-state index in [0.29, 0.717) is 0 Å². The van der Waals surface area contributed by atoms with Crippen molar-refractivity contribution in [2.75, 3.05) is 0 Å². The number of carbonyl (C=O) groups excluding carboxylic acids is 2. The predicted molar refractivity (Wildman–Crippen MR) is 54.1 cm³/mol. The van der Waals surface area contributed by atoms with E-state index in [1.54, 1.807) is 0 Å². The molecule has 0 spiro atoms. The van der Waals surface area contributed by atoms with E-state index in [9.17, 15) is 14.7 Å². The number of hydrogen-bond acceptors (Lipinski definition) is 4. The van der Waals surface area contributed by atoms with Crippen LogP contribution >= 0.6 is 11.6 Å². The molecule has 1 atom stereocenters. The Morgan fingerprint density at radius 3 is 2.73 bits per heavy atom. The number of carbonyl (C=O) groups is 1. The molecule has 78 valence electrons. The van der Waals surface area contributed by atoms with Crippen molar-refractivity contribution in [2.45, 2.75) is 0 Å². The molecular weight excluding hydrogens is 220 g/mol. The van der Waals surface area contributed by atoms with Crippen LogP contribution < -0.4 is 0 Å². The van der Waals surface area contributed by atoms with Gasteiger partial charge in [0.15, 0.2) is 11.5 Å². The zero-order valence-electron chi connectivity index (χ0n) is 7.48. The van der Waals surface area contributed by atoms with Crippen LogP contribution in [-0.4, -0.2) is 21.4 Å². The Hall–Kier alpha value is -1.77. The van der Waals surface area contributed by atoms with Gasteiger partial charge in [-0.15, -0.1) is 0 Å². The second kappa shape index (κ2) is 4.64. The van der Waals surface area contributed by atoms with E-state index in [0.717, 1.165) is 6.08 Å². The maximum atomic E-state index is 10.5. The lowest BCUT2D eigenvalue weighted by molar-refractivity contribution is -0.107. The fourth-order valence-electron chi connectivity index (χ4n) is 1.12. The van der Waals surface area contributed by atoms with Crippen LogP contribution in [0.5, 0.6) is 0 Å². The Labute approximate surface area is 90.5 Å². The van der Waals surface area contributed by atoms with Gasteiger partial charge < -0.3 is 10.2 Å². The van der Waals surface area contributed by atoms with Gasteiger partial charge in [-0.25, -0.2) is 4.79 Å². The molecule has 5 heteroatoms. The van der Waals surface area contributed by atoms with Gasteiger partial charge in [-0.05, 0) is 23.8 Å². The highest BCUT2D eigenvalue weighted by molar-refractivity contribution is 6.66. The molecule has 0 aromatic carbocycles. The number of aliphatic hydroxyl groups is 2. The van der Waals surface area contributed by atoms with Gasteiger partial charge in [0.05, 0.1) is 5.57 Å². The highest BCUT2D eigenvalue weighted by Gasteiger charge is 2.21. The fourth-order valence-corrected chi connectivity index (χ4v) is 1.19. The lowest BCUT2D eigenvalue weighted by Crippen LogP contribution is -2.08. The molecule has 15 heavy (non-hydrogen) atoms. The molecule has 1 rings (SSSR count). The fraction of sp³-hybridized carbons (Fsp3) is 0.100. The highest BCUT2D eigenvalue weighted by Crippen LogP contribution is 2.25. The monoisotopic (exact) mass is 226 g/mol. The second-order valence-corrected chi connectivity index (χ2v) is 3.17.